The molecule has 2 N–H and O–H groups in total. The Labute approximate surface area is 144 Å². The van der Waals surface area contributed by atoms with Crippen molar-refractivity contribution in [3.63, 3.8) is 0 Å². The number of nitro groups is 3. The van der Waals surface area contributed by atoms with Gasteiger partial charge in [-0.15, -0.1) is 0 Å². The zero-order valence-corrected chi connectivity index (χ0v) is 14.2. The Morgan fingerprint density at radius 3 is 1.52 bits per heavy atom. The molecule has 0 saturated carbocycles. The topological polar surface area (TPSA) is 169 Å². The Hall–Kier alpha value is -2.82. The van der Waals surface area contributed by atoms with Gasteiger partial charge in [0, 0.05) is 0 Å². The van der Waals surface area contributed by atoms with Crippen LogP contribution in [0, 0.1) is 30.3 Å². The van der Waals surface area contributed by atoms with Crippen LogP contribution < -0.4 is 10.4 Å². The number of unbranched alkanes of at least 4 members (excludes halogenated alkanes) is 2. The normalized spacial score (nSPS) is 9.84. The van der Waals surface area contributed by atoms with Crippen molar-refractivity contribution in [2.45, 2.75) is 39.5 Å². The van der Waals surface area contributed by atoms with E-state index in [1.807, 2.05) is 0 Å². The maximum atomic E-state index is 11.1. The van der Waals surface area contributed by atoms with E-state index in [1.165, 1.54) is 38.8 Å². The third-order valence-electron chi connectivity index (χ3n) is 3.16. The SMILES string of the molecule is CCCC[NH2+]CCCC.O=[N+]([O-])c1cc([N+](=O)[O-])c([O-])c([N+](=O)[O-])c1. The van der Waals surface area contributed by atoms with Crippen LogP contribution in [0.1, 0.15) is 39.5 Å². The Balaban J connectivity index is 0.000000547. The number of nitrogens with two attached hydrogens (primary N) is 1. The molecular weight excluding hydrogens is 336 g/mol. The highest BCUT2D eigenvalue weighted by molar-refractivity contribution is 5.63. The highest BCUT2D eigenvalue weighted by Gasteiger charge is 2.24. The number of rotatable bonds is 9. The predicted molar refractivity (Wildman–Crippen MR) is 87.3 cm³/mol. The van der Waals surface area contributed by atoms with Crippen LogP contribution in [0.15, 0.2) is 12.1 Å². The molecule has 0 spiro atoms. The first kappa shape index (κ1) is 22.2. The lowest BCUT2D eigenvalue weighted by Gasteiger charge is -2.06. The molecule has 0 aliphatic rings. The number of hydrogen-bond acceptors (Lipinski definition) is 7. The zero-order chi connectivity index (χ0) is 19.4. The van der Waals surface area contributed by atoms with Gasteiger partial charge >= 0.3 is 0 Å². The van der Waals surface area contributed by atoms with E-state index in [9.17, 15) is 35.4 Å². The predicted octanol–water partition coefficient (Wildman–Crippen LogP) is 1.63. The highest BCUT2D eigenvalue weighted by Crippen LogP contribution is 2.36. The molecule has 0 unspecified atom stereocenters. The van der Waals surface area contributed by atoms with Gasteiger partial charge in [-0.3, -0.25) is 30.3 Å². The molecule has 0 bridgehead atoms. The zero-order valence-electron chi connectivity index (χ0n) is 14.2. The number of nitrogens with zero attached hydrogens (tertiary/aromatic N) is 3. The molecule has 11 heteroatoms. The van der Waals surface area contributed by atoms with E-state index in [-0.39, 0.29) is 0 Å². The van der Waals surface area contributed by atoms with E-state index in [0.717, 1.165) is 0 Å². The van der Waals surface area contributed by atoms with Crippen LogP contribution in [0.25, 0.3) is 0 Å². The molecule has 140 valence electrons. The van der Waals surface area contributed by atoms with E-state index in [2.05, 4.69) is 19.2 Å². The quantitative estimate of drug-likeness (QED) is 0.397. The second-order valence-electron chi connectivity index (χ2n) is 5.16. The summed E-state index contributed by atoms with van der Waals surface area (Å²) >= 11 is 0. The molecule has 0 aromatic heterocycles. The Morgan fingerprint density at radius 2 is 1.24 bits per heavy atom. The summed E-state index contributed by atoms with van der Waals surface area (Å²) < 4.78 is 0. The lowest BCUT2D eigenvalue weighted by molar-refractivity contribution is -0.655. The van der Waals surface area contributed by atoms with Gasteiger partial charge in [0.05, 0.1) is 45.7 Å². The van der Waals surface area contributed by atoms with E-state index < -0.39 is 37.6 Å². The molecule has 0 atom stereocenters. The van der Waals surface area contributed by atoms with Crippen LogP contribution >= 0.6 is 0 Å². The summed E-state index contributed by atoms with van der Waals surface area (Å²) in [5, 5.41) is 44.5. The van der Waals surface area contributed by atoms with Gasteiger partial charge in [0.2, 0.25) is 0 Å². The minimum absolute atomic E-state index is 0.384. The fourth-order valence-electron chi connectivity index (χ4n) is 1.80. The van der Waals surface area contributed by atoms with E-state index in [4.69, 9.17) is 0 Å². The summed E-state index contributed by atoms with van der Waals surface area (Å²) in [5.74, 6) is -1.46. The van der Waals surface area contributed by atoms with Gasteiger partial charge in [-0.25, -0.2) is 0 Å². The second kappa shape index (κ2) is 11.7. The van der Waals surface area contributed by atoms with Crippen molar-refractivity contribution in [3.8, 4) is 5.75 Å². The van der Waals surface area contributed by atoms with Crippen LogP contribution in [0.3, 0.4) is 0 Å². The number of nitro benzene ring substituents is 3. The van der Waals surface area contributed by atoms with Crippen molar-refractivity contribution >= 4 is 17.1 Å². The molecule has 0 radical (unpaired) electrons. The molecule has 1 aromatic carbocycles. The van der Waals surface area contributed by atoms with Crippen LogP contribution in [0.4, 0.5) is 17.1 Å². The van der Waals surface area contributed by atoms with Crippen molar-refractivity contribution in [2.75, 3.05) is 13.1 Å². The number of hydrogen-bond donors (Lipinski definition) is 1. The molecule has 11 nitrogen and oxygen atoms in total. The summed E-state index contributed by atoms with van der Waals surface area (Å²) in [6.45, 7) is 7.15. The maximum absolute atomic E-state index is 11.1. The smallest absolute Gasteiger partial charge is 0.283 e. The van der Waals surface area contributed by atoms with Gasteiger partial charge in [0.1, 0.15) is 0 Å². The number of quaternary nitrogens is 1. The first-order valence-corrected chi connectivity index (χ1v) is 7.86. The fourth-order valence-corrected chi connectivity index (χ4v) is 1.80. The van der Waals surface area contributed by atoms with Crippen molar-refractivity contribution in [2.24, 2.45) is 0 Å². The largest absolute Gasteiger partial charge is 0.863 e. The molecule has 0 fully saturated rings. The first-order valence-electron chi connectivity index (χ1n) is 7.86. The van der Waals surface area contributed by atoms with Crippen LogP contribution in [-0.2, 0) is 0 Å². The third-order valence-corrected chi connectivity index (χ3v) is 3.16. The van der Waals surface area contributed by atoms with E-state index >= 15 is 0 Å². The Bertz CT molecular complexity index is 566. The van der Waals surface area contributed by atoms with E-state index in [1.54, 1.807) is 0 Å². The Morgan fingerprint density at radius 1 is 0.840 bits per heavy atom. The fraction of sp³-hybridized carbons (Fsp3) is 0.571. The monoisotopic (exact) mass is 358 g/mol. The second-order valence-corrected chi connectivity index (χ2v) is 5.16. The summed E-state index contributed by atoms with van der Waals surface area (Å²) in [6, 6.07) is 0.769. The van der Waals surface area contributed by atoms with Crippen molar-refractivity contribution in [3.05, 3.63) is 42.5 Å². The average Bonchev–Trinajstić information content (AvgIpc) is 2.54. The Kier molecular flexibility index (Phi) is 10.4. The van der Waals surface area contributed by atoms with Crippen molar-refractivity contribution < 1.29 is 25.2 Å². The lowest BCUT2D eigenvalue weighted by Crippen LogP contribution is -2.84. The molecule has 0 saturated heterocycles. The molecule has 0 aliphatic heterocycles. The van der Waals surface area contributed by atoms with Crippen LogP contribution in [-0.4, -0.2) is 27.9 Å². The van der Waals surface area contributed by atoms with Gasteiger partial charge in [-0.05, 0) is 12.8 Å². The molecular formula is C14H22N4O7. The van der Waals surface area contributed by atoms with Gasteiger partial charge in [-0.1, -0.05) is 26.7 Å². The van der Waals surface area contributed by atoms with E-state index in [0.29, 0.717) is 12.1 Å². The maximum Gasteiger partial charge on any atom is 0.283 e. The highest BCUT2D eigenvalue weighted by atomic mass is 16.6. The molecule has 0 heterocycles. The molecule has 0 aliphatic carbocycles. The van der Waals surface area contributed by atoms with Crippen LogP contribution in [0.5, 0.6) is 5.75 Å². The van der Waals surface area contributed by atoms with Gasteiger partial charge in [-0.2, -0.15) is 0 Å². The minimum Gasteiger partial charge on any atom is -0.863 e. The summed E-state index contributed by atoms with van der Waals surface area (Å²) in [4.78, 5) is 27.5. The third kappa shape index (κ3) is 8.01. The van der Waals surface area contributed by atoms with Gasteiger partial charge in [0.15, 0.2) is 0 Å². The average molecular weight is 358 g/mol. The summed E-state index contributed by atoms with van der Waals surface area (Å²) in [7, 11) is 0. The van der Waals surface area contributed by atoms with Crippen LogP contribution in [0.2, 0.25) is 0 Å². The van der Waals surface area contributed by atoms with Crippen molar-refractivity contribution in [1.29, 1.82) is 0 Å². The molecule has 25 heavy (non-hydrogen) atoms. The lowest BCUT2D eigenvalue weighted by atomic mass is 10.2. The number of benzene rings is 1. The molecule has 1 rings (SSSR count). The van der Waals surface area contributed by atoms with Gasteiger partial charge in [0.25, 0.3) is 17.1 Å². The summed E-state index contributed by atoms with van der Waals surface area (Å²) in [5.41, 5.74) is -3.26. The summed E-state index contributed by atoms with van der Waals surface area (Å²) in [6.07, 6.45) is 5.43. The minimum atomic E-state index is -1.46. The molecule has 1 aromatic rings. The van der Waals surface area contributed by atoms with Crippen molar-refractivity contribution in [1.82, 2.24) is 0 Å². The van der Waals surface area contributed by atoms with Gasteiger partial charge < -0.3 is 10.4 Å². The number of non-ortho nitro benzene ring substituents is 1. The standard InChI is InChI=1S/C8H19N.C6H3N3O7/c1-3-5-7-9-8-6-4-2;10-6-4(8(13)14)1-3(7(11)12)2-5(6)9(15)16/h9H,3-8H2,1-2H3;1-2,10H. The first-order chi connectivity index (χ1) is 11.8. The molecule has 0 amide bonds.